The summed E-state index contributed by atoms with van der Waals surface area (Å²) in [6.07, 6.45) is -3.59. The minimum absolute atomic E-state index is 0.0751. The van der Waals surface area contributed by atoms with Gasteiger partial charge in [0.15, 0.2) is 0 Å². The lowest BCUT2D eigenvalue weighted by Crippen LogP contribution is -2.02. The largest absolute Gasteiger partial charge is 0.464 e. The summed E-state index contributed by atoms with van der Waals surface area (Å²) in [7, 11) is 0. The summed E-state index contributed by atoms with van der Waals surface area (Å²) < 4.78 is 40.6. The van der Waals surface area contributed by atoms with Gasteiger partial charge in [0, 0.05) is 0 Å². The molecule has 0 aliphatic heterocycles. The minimum atomic E-state index is -4.34. The summed E-state index contributed by atoms with van der Waals surface area (Å²) in [5.41, 5.74) is 2.70. The second-order valence-corrected chi connectivity index (χ2v) is 3.69. The molecule has 88 valence electrons. The van der Waals surface area contributed by atoms with E-state index < -0.39 is 6.18 Å². The molecule has 0 N–H and O–H groups in total. The fourth-order valence-electron chi connectivity index (χ4n) is 1.53. The lowest BCUT2D eigenvalue weighted by Gasteiger charge is -2.09. The Balaban J connectivity index is 2.87. The van der Waals surface area contributed by atoms with Crippen LogP contribution in [0.4, 0.5) is 13.2 Å². The summed E-state index contributed by atoms with van der Waals surface area (Å²) in [6, 6.07) is 3.73. The number of allylic oxidation sites excluding steroid dienone is 1. The minimum Gasteiger partial charge on any atom is -0.464 e. The van der Waals surface area contributed by atoms with Crippen LogP contribution in [0.25, 0.3) is 0 Å². The van der Waals surface area contributed by atoms with Crippen molar-refractivity contribution >= 4 is 0 Å². The van der Waals surface area contributed by atoms with Gasteiger partial charge in [0.25, 0.3) is 0 Å². The van der Waals surface area contributed by atoms with Gasteiger partial charge in [0.2, 0.25) is 0 Å². The Hall–Kier alpha value is -1.45. The maximum atomic E-state index is 11.9. The van der Waals surface area contributed by atoms with E-state index in [1.165, 1.54) is 0 Å². The molecular formula is C12H13F3O. The van der Waals surface area contributed by atoms with Gasteiger partial charge in [0.1, 0.15) is 5.75 Å². The van der Waals surface area contributed by atoms with E-state index >= 15 is 0 Å². The van der Waals surface area contributed by atoms with E-state index in [2.05, 4.69) is 0 Å². The maximum Gasteiger partial charge on any atom is 0.412 e. The molecule has 1 aromatic carbocycles. The summed E-state index contributed by atoms with van der Waals surface area (Å²) in [6.45, 7) is 5.53. The quantitative estimate of drug-likeness (QED) is 0.696. The van der Waals surface area contributed by atoms with Gasteiger partial charge in [-0.3, -0.25) is 0 Å². The summed E-state index contributed by atoms with van der Waals surface area (Å²) in [5.74, 6) is 0.478. The normalized spacial score (nSPS) is 12.1. The SMILES string of the molecule is Cc1cc(C)c(O/C=C/C(F)(F)F)c(C)c1. The van der Waals surface area contributed by atoms with E-state index in [-0.39, 0.29) is 6.08 Å². The van der Waals surface area contributed by atoms with Crippen LogP contribution in [0.1, 0.15) is 16.7 Å². The summed E-state index contributed by atoms with van der Waals surface area (Å²) in [5, 5.41) is 0. The lowest BCUT2D eigenvalue weighted by atomic mass is 10.1. The van der Waals surface area contributed by atoms with Crippen molar-refractivity contribution in [2.24, 2.45) is 0 Å². The average Bonchev–Trinajstić information content (AvgIpc) is 2.07. The molecule has 0 atom stereocenters. The molecule has 0 fully saturated rings. The molecule has 16 heavy (non-hydrogen) atoms. The molecule has 0 bridgehead atoms. The molecule has 0 radical (unpaired) electrons. The Morgan fingerprint density at radius 2 is 1.56 bits per heavy atom. The summed E-state index contributed by atoms with van der Waals surface area (Å²) in [4.78, 5) is 0. The zero-order chi connectivity index (χ0) is 12.3. The van der Waals surface area contributed by atoms with Crippen LogP contribution >= 0.6 is 0 Å². The Bertz CT molecular complexity index is 382. The fraction of sp³-hybridized carbons (Fsp3) is 0.333. The van der Waals surface area contributed by atoms with E-state index in [0.29, 0.717) is 12.0 Å². The zero-order valence-electron chi connectivity index (χ0n) is 9.35. The Kier molecular flexibility index (Phi) is 3.62. The van der Waals surface area contributed by atoms with Gasteiger partial charge in [-0.2, -0.15) is 13.2 Å². The molecule has 0 unspecified atom stereocenters. The van der Waals surface area contributed by atoms with Crippen LogP contribution in [0.2, 0.25) is 0 Å². The molecule has 0 amide bonds. The highest BCUT2D eigenvalue weighted by atomic mass is 19.4. The van der Waals surface area contributed by atoms with Crippen molar-refractivity contribution in [1.29, 1.82) is 0 Å². The number of alkyl halides is 3. The first-order chi connectivity index (χ1) is 7.29. The van der Waals surface area contributed by atoms with Gasteiger partial charge in [-0.15, -0.1) is 0 Å². The van der Waals surface area contributed by atoms with Crippen LogP contribution in [0.15, 0.2) is 24.5 Å². The number of rotatable bonds is 2. The van der Waals surface area contributed by atoms with E-state index in [4.69, 9.17) is 4.74 Å². The van der Waals surface area contributed by atoms with Crippen molar-refractivity contribution in [3.8, 4) is 5.75 Å². The molecule has 0 saturated heterocycles. The standard InChI is InChI=1S/C12H13F3O/c1-8-6-9(2)11(10(3)7-8)16-5-4-12(13,14)15/h4-7H,1-3H3/b5-4+. The van der Waals surface area contributed by atoms with Crippen LogP contribution in [0.5, 0.6) is 5.75 Å². The molecule has 0 aliphatic carbocycles. The predicted octanol–water partition coefficient (Wildman–Crippen LogP) is 4.07. The first kappa shape index (κ1) is 12.6. The highest BCUT2D eigenvalue weighted by Gasteiger charge is 2.22. The molecule has 0 saturated carbocycles. The molecular weight excluding hydrogens is 217 g/mol. The van der Waals surface area contributed by atoms with Crippen molar-refractivity contribution in [1.82, 2.24) is 0 Å². The Morgan fingerprint density at radius 1 is 1.06 bits per heavy atom. The van der Waals surface area contributed by atoms with Crippen molar-refractivity contribution in [2.75, 3.05) is 0 Å². The van der Waals surface area contributed by atoms with E-state index in [0.717, 1.165) is 16.7 Å². The highest BCUT2D eigenvalue weighted by Crippen LogP contribution is 2.25. The van der Waals surface area contributed by atoms with Gasteiger partial charge in [0.05, 0.1) is 12.3 Å². The topological polar surface area (TPSA) is 9.23 Å². The number of benzene rings is 1. The van der Waals surface area contributed by atoms with Gasteiger partial charge in [-0.25, -0.2) is 0 Å². The van der Waals surface area contributed by atoms with Crippen LogP contribution < -0.4 is 4.74 Å². The van der Waals surface area contributed by atoms with Crippen LogP contribution in [0, 0.1) is 20.8 Å². The van der Waals surface area contributed by atoms with E-state index in [1.54, 1.807) is 13.8 Å². The van der Waals surface area contributed by atoms with Crippen molar-refractivity contribution in [3.63, 3.8) is 0 Å². The third kappa shape index (κ3) is 3.61. The molecule has 1 nitrogen and oxygen atoms in total. The van der Waals surface area contributed by atoms with Crippen LogP contribution in [-0.2, 0) is 0 Å². The lowest BCUT2D eigenvalue weighted by molar-refractivity contribution is -0.0809. The third-order valence-corrected chi connectivity index (χ3v) is 2.05. The molecule has 0 aromatic heterocycles. The highest BCUT2D eigenvalue weighted by molar-refractivity contribution is 5.43. The second-order valence-electron chi connectivity index (χ2n) is 3.69. The van der Waals surface area contributed by atoms with Crippen LogP contribution in [-0.4, -0.2) is 6.18 Å². The molecule has 0 aliphatic rings. The number of aryl methyl sites for hydroxylation is 3. The van der Waals surface area contributed by atoms with E-state index in [9.17, 15) is 13.2 Å². The Morgan fingerprint density at radius 3 is 2.00 bits per heavy atom. The molecule has 1 rings (SSSR count). The number of halogens is 3. The number of hydrogen-bond acceptors (Lipinski definition) is 1. The molecule has 1 aromatic rings. The van der Waals surface area contributed by atoms with Gasteiger partial charge in [-0.05, 0) is 31.9 Å². The average molecular weight is 230 g/mol. The Labute approximate surface area is 92.5 Å². The van der Waals surface area contributed by atoms with Crippen molar-refractivity contribution < 1.29 is 17.9 Å². The van der Waals surface area contributed by atoms with E-state index in [1.807, 2.05) is 19.1 Å². The van der Waals surface area contributed by atoms with Gasteiger partial charge >= 0.3 is 6.18 Å². The van der Waals surface area contributed by atoms with Gasteiger partial charge < -0.3 is 4.74 Å². The number of hydrogen-bond donors (Lipinski definition) is 0. The molecule has 0 spiro atoms. The summed E-state index contributed by atoms with van der Waals surface area (Å²) >= 11 is 0. The monoisotopic (exact) mass is 230 g/mol. The first-order valence-corrected chi connectivity index (χ1v) is 4.78. The van der Waals surface area contributed by atoms with Crippen molar-refractivity contribution in [3.05, 3.63) is 41.2 Å². The van der Waals surface area contributed by atoms with Crippen molar-refractivity contribution in [2.45, 2.75) is 26.9 Å². The second kappa shape index (κ2) is 4.60. The number of ether oxygens (including phenoxy) is 1. The molecule has 0 heterocycles. The predicted molar refractivity (Wildman–Crippen MR) is 56.5 cm³/mol. The smallest absolute Gasteiger partial charge is 0.412 e. The van der Waals surface area contributed by atoms with Crippen LogP contribution in [0.3, 0.4) is 0 Å². The first-order valence-electron chi connectivity index (χ1n) is 4.78. The maximum absolute atomic E-state index is 11.9. The zero-order valence-corrected chi connectivity index (χ0v) is 9.35. The fourth-order valence-corrected chi connectivity index (χ4v) is 1.53. The third-order valence-electron chi connectivity index (χ3n) is 2.05. The van der Waals surface area contributed by atoms with Gasteiger partial charge in [-0.1, -0.05) is 17.7 Å². The molecule has 4 heteroatoms.